The Morgan fingerprint density at radius 1 is 1.09 bits per heavy atom. The molecule has 0 aliphatic carbocycles. The quantitative estimate of drug-likeness (QED) is 0.798. The second-order valence-electron chi connectivity index (χ2n) is 5.90. The van der Waals surface area contributed by atoms with E-state index in [0.29, 0.717) is 5.92 Å². The second-order valence-corrected chi connectivity index (χ2v) is 5.90. The molecule has 5 nitrogen and oxygen atoms in total. The predicted molar refractivity (Wildman–Crippen MR) is 85.2 cm³/mol. The molecule has 2 aliphatic rings. The Morgan fingerprint density at radius 3 is 2.82 bits per heavy atom. The third-order valence-electron chi connectivity index (χ3n) is 4.41. The Kier molecular flexibility index (Phi) is 3.35. The molecule has 0 saturated carbocycles. The smallest absolute Gasteiger partial charge is 0.262 e. The van der Waals surface area contributed by atoms with E-state index in [1.54, 1.807) is 0 Å². The number of nitrogens with one attached hydrogen (secondary N) is 3. The summed E-state index contributed by atoms with van der Waals surface area (Å²) in [5, 5.41) is 6.25. The van der Waals surface area contributed by atoms with Crippen LogP contribution >= 0.6 is 0 Å². The maximum Gasteiger partial charge on any atom is 0.262 e. The highest BCUT2D eigenvalue weighted by atomic mass is 16.5. The number of hydrogen-bond acceptors (Lipinski definition) is 3. The van der Waals surface area contributed by atoms with E-state index < -0.39 is 0 Å². The number of aromatic nitrogens is 1. The van der Waals surface area contributed by atoms with E-state index >= 15 is 0 Å². The van der Waals surface area contributed by atoms with E-state index in [2.05, 4.69) is 27.8 Å². The molecule has 3 heterocycles. The van der Waals surface area contributed by atoms with Crippen molar-refractivity contribution >= 4 is 11.6 Å². The molecule has 1 aromatic heterocycles. The van der Waals surface area contributed by atoms with Crippen LogP contribution in [0.15, 0.2) is 30.3 Å². The average Bonchev–Trinajstić information content (AvgIpc) is 3.05. The molecule has 4 rings (SSSR count). The van der Waals surface area contributed by atoms with Gasteiger partial charge < -0.3 is 20.4 Å². The van der Waals surface area contributed by atoms with E-state index in [9.17, 15) is 4.79 Å². The van der Waals surface area contributed by atoms with Crippen LogP contribution in [0.25, 0.3) is 11.3 Å². The zero-order valence-electron chi connectivity index (χ0n) is 12.3. The molecule has 2 aliphatic heterocycles. The first-order valence-corrected chi connectivity index (χ1v) is 7.76. The van der Waals surface area contributed by atoms with Crippen LogP contribution in [0.2, 0.25) is 0 Å². The van der Waals surface area contributed by atoms with E-state index in [-0.39, 0.29) is 12.5 Å². The van der Waals surface area contributed by atoms with Crippen molar-refractivity contribution in [3.8, 4) is 17.0 Å². The number of H-pyrrole nitrogens is 1. The highest BCUT2D eigenvalue weighted by molar-refractivity contribution is 5.96. The number of amides is 1. The van der Waals surface area contributed by atoms with Gasteiger partial charge in [0.25, 0.3) is 5.91 Å². The SMILES string of the molecule is O=C1COc2ccc(-c3ccc(C4CCNCC4)[nH]3)cc2N1. The summed E-state index contributed by atoms with van der Waals surface area (Å²) in [4.78, 5) is 15.0. The standard InChI is InChI=1S/C17H19N3O2/c21-17-10-22-16-4-1-12(9-15(16)20-17)14-3-2-13(19-14)11-5-7-18-8-6-11/h1-4,9,11,18-19H,5-8,10H2,(H,20,21). The van der Waals surface area contributed by atoms with Gasteiger partial charge in [0.1, 0.15) is 5.75 Å². The first-order chi connectivity index (χ1) is 10.8. The summed E-state index contributed by atoms with van der Waals surface area (Å²) in [6, 6.07) is 10.2. The summed E-state index contributed by atoms with van der Waals surface area (Å²) >= 11 is 0. The van der Waals surface area contributed by atoms with Gasteiger partial charge >= 0.3 is 0 Å². The Labute approximate surface area is 129 Å². The maximum absolute atomic E-state index is 11.4. The number of benzene rings is 1. The molecular formula is C17H19N3O2. The zero-order valence-corrected chi connectivity index (χ0v) is 12.3. The fraction of sp³-hybridized carbons (Fsp3) is 0.353. The molecule has 0 atom stereocenters. The minimum Gasteiger partial charge on any atom is -0.482 e. The van der Waals surface area contributed by atoms with Crippen LogP contribution in [0.4, 0.5) is 5.69 Å². The van der Waals surface area contributed by atoms with E-state index in [0.717, 1.165) is 35.8 Å². The van der Waals surface area contributed by atoms with E-state index in [4.69, 9.17) is 4.74 Å². The van der Waals surface area contributed by atoms with Gasteiger partial charge in [-0.3, -0.25) is 4.79 Å². The second kappa shape index (κ2) is 5.50. The fourth-order valence-corrected chi connectivity index (χ4v) is 3.20. The van der Waals surface area contributed by atoms with Gasteiger partial charge in [0.2, 0.25) is 0 Å². The summed E-state index contributed by atoms with van der Waals surface area (Å²) in [7, 11) is 0. The van der Waals surface area contributed by atoms with Crippen LogP contribution in [0.5, 0.6) is 5.75 Å². The Hall–Kier alpha value is -2.27. The van der Waals surface area contributed by atoms with Gasteiger partial charge in [-0.2, -0.15) is 0 Å². The number of piperidine rings is 1. The molecule has 0 bridgehead atoms. The third-order valence-corrected chi connectivity index (χ3v) is 4.41. The minimum absolute atomic E-state index is 0.0920. The topological polar surface area (TPSA) is 66.1 Å². The molecule has 2 aromatic rings. The van der Waals surface area contributed by atoms with Crippen molar-refractivity contribution in [2.24, 2.45) is 0 Å². The molecule has 22 heavy (non-hydrogen) atoms. The number of carbonyl (C=O) groups excluding carboxylic acids is 1. The van der Waals surface area contributed by atoms with Crippen molar-refractivity contribution in [1.82, 2.24) is 10.3 Å². The van der Waals surface area contributed by atoms with Gasteiger partial charge in [0.15, 0.2) is 6.61 Å². The normalized spacial score (nSPS) is 18.5. The van der Waals surface area contributed by atoms with Gasteiger partial charge in [-0.1, -0.05) is 0 Å². The molecule has 3 N–H and O–H groups in total. The van der Waals surface area contributed by atoms with E-state index in [1.807, 2.05) is 18.2 Å². The number of aromatic amines is 1. The maximum atomic E-state index is 11.4. The minimum atomic E-state index is -0.105. The van der Waals surface area contributed by atoms with Crippen LogP contribution in [-0.4, -0.2) is 30.6 Å². The molecule has 1 amide bonds. The lowest BCUT2D eigenvalue weighted by Gasteiger charge is -2.21. The van der Waals surface area contributed by atoms with Crippen molar-refractivity contribution in [2.45, 2.75) is 18.8 Å². The first-order valence-electron chi connectivity index (χ1n) is 7.76. The Balaban J connectivity index is 1.61. The number of carbonyl (C=O) groups is 1. The third kappa shape index (κ3) is 2.48. The molecule has 114 valence electrons. The molecule has 0 unspecified atom stereocenters. The first kappa shape index (κ1) is 13.4. The van der Waals surface area contributed by atoms with Crippen molar-refractivity contribution in [3.05, 3.63) is 36.0 Å². The highest BCUT2D eigenvalue weighted by Crippen LogP contribution is 2.33. The number of fused-ring (bicyclic) bond motifs is 1. The lowest BCUT2D eigenvalue weighted by molar-refractivity contribution is -0.118. The van der Waals surface area contributed by atoms with Crippen LogP contribution in [0.1, 0.15) is 24.5 Å². The Morgan fingerprint density at radius 2 is 1.95 bits per heavy atom. The molecule has 0 radical (unpaired) electrons. The lowest BCUT2D eigenvalue weighted by Crippen LogP contribution is -2.26. The van der Waals surface area contributed by atoms with Crippen LogP contribution in [0.3, 0.4) is 0 Å². The molecule has 1 fully saturated rings. The highest BCUT2D eigenvalue weighted by Gasteiger charge is 2.19. The molecule has 0 spiro atoms. The van der Waals surface area contributed by atoms with Crippen LogP contribution in [-0.2, 0) is 4.79 Å². The molecule has 1 saturated heterocycles. The summed E-state index contributed by atoms with van der Waals surface area (Å²) in [6.45, 7) is 2.26. The predicted octanol–water partition coefficient (Wildman–Crippen LogP) is 2.48. The van der Waals surface area contributed by atoms with Crippen LogP contribution in [0, 0.1) is 0 Å². The number of rotatable bonds is 2. The number of ether oxygens (including phenoxy) is 1. The van der Waals surface area contributed by atoms with Crippen molar-refractivity contribution in [1.29, 1.82) is 0 Å². The Bertz CT molecular complexity index is 702. The largest absolute Gasteiger partial charge is 0.482 e. The van der Waals surface area contributed by atoms with Gasteiger partial charge in [-0.25, -0.2) is 0 Å². The van der Waals surface area contributed by atoms with Gasteiger partial charge in [-0.05, 0) is 56.3 Å². The van der Waals surface area contributed by atoms with Gasteiger partial charge in [0.05, 0.1) is 5.69 Å². The van der Waals surface area contributed by atoms with Gasteiger partial charge in [0, 0.05) is 22.9 Å². The summed E-state index contributed by atoms with van der Waals surface area (Å²) in [6.07, 6.45) is 2.35. The number of anilines is 1. The summed E-state index contributed by atoms with van der Waals surface area (Å²) in [5.41, 5.74) is 4.18. The fourth-order valence-electron chi connectivity index (χ4n) is 3.20. The van der Waals surface area contributed by atoms with Crippen molar-refractivity contribution in [2.75, 3.05) is 25.0 Å². The average molecular weight is 297 g/mol. The van der Waals surface area contributed by atoms with Crippen LogP contribution < -0.4 is 15.4 Å². The monoisotopic (exact) mass is 297 g/mol. The van der Waals surface area contributed by atoms with Gasteiger partial charge in [-0.15, -0.1) is 0 Å². The summed E-state index contributed by atoms with van der Waals surface area (Å²) < 4.78 is 5.40. The molecular weight excluding hydrogens is 278 g/mol. The zero-order chi connectivity index (χ0) is 14.9. The molecule has 1 aromatic carbocycles. The summed E-state index contributed by atoms with van der Waals surface area (Å²) in [5.74, 6) is 1.23. The number of hydrogen-bond donors (Lipinski definition) is 3. The van der Waals surface area contributed by atoms with E-state index in [1.165, 1.54) is 18.5 Å². The van der Waals surface area contributed by atoms with Crippen molar-refractivity contribution in [3.63, 3.8) is 0 Å². The molecule has 5 heteroatoms. The van der Waals surface area contributed by atoms with Crippen molar-refractivity contribution < 1.29 is 9.53 Å². The lowest BCUT2D eigenvalue weighted by atomic mass is 9.95.